The van der Waals surface area contributed by atoms with E-state index in [0.717, 1.165) is 0 Å². The zero-order chi connectivity index (χ0) is 17.9. The molecule has 0 unspecified atom stereocenters. The second kappa shape index (κ2) is 12.7. The van der Waals surface area contributed by atoms with Crippen molar-refractivity contribution in [3.63, 3.8) is 0 Å². The Morgan fingerprint density at radius 3 is 0.520 bits per heavy atom. The summed E-state index contributed by atoms with van der Waals surface area (Å²) in [6.45, 7) is 12.7. The van der Waals surface area contributed by atoms with Crippen LogP contribution in [0.5, 0.6) is 0 Å². The molecule has 3 aromatic rings. The monoisotopic (exact) mass is 425 g/mol. The van der Waals surface area contributed by atoms with E-state index in [-0.39, 0.29) is 22.4 Å². The van der Waals surface area contributed by atoms with Crippen molar-refractivity contribution in [2.24, 2.45) is 0 Å². The van der Waals surface area contributed by atoms with Crippen LogP contribution >= 0.6 is 0 Å². The SMILES string of the molecule is Cc1ccccc1C.Cc1ccccc1C.Cc1ccccc1C.[Ag]. The van der Waals surface area contributed by atoms with E-state index in [1.807, 2.05) is 0 Å². The van der Waals surface area contributed by atoms with E-state index < -0.39 is 0 Å². The van der Waals surface area contributed by atoms with Crippen molar-refractivity contribution < 1.29 is 22.4 Å². The van der Waals surface area contributed by atoms with Gasteiger partial charge in [0.05, 0.1) is 0 Å². The minimum atomic E-state index is 0. The molecule has 0 nitrogen and oxygen atoms in total. The molecule has 0 bridgehead atoms. The molecule has 3 aromatic carbocycles. The fourth-order valence-corrected chi connectivity index (χ4v) is 1.99. The molecule has 0 N–H and O–H groups in total. The van der Waals surface area contributed by atoms with Gasteiger partial charge >= 0.3 is 0 Å². The van der Waals surface area contributed by atoms with Gasteiger partial charge in [-0.3, -0.25) is 0 Å². The number of hydrogen-bond donors (Lipinski definition) is 0. The van der Waals surface area contributed by atoms with Crippen LogP contribution in [0.25, 0.3) is 0 Å². The van der Waals surface area contributed by atoms with Crippen molar-refractivity contribution in [3.05, 3.63) is 106 Å². The van der Waals surface area contributed by atoms with Gasteiger partial charge in [-0.05, 0) is 74.9 Å². The van der Waals surface area contributed by atoms with Crippen LogP contribution in [-0.2, 0) is 22.4 Å². The van der Waals surface area contributed by atoms with Gasteiger partial charge < -0.3 is 0 Å². The molecule has 0 spiro atoms. The van der Waals surface area contributed by atoms with Gasteiger partial charge in [0.1, 0.15) is 0 Å². The van der Waals surface area contributed by atoms with Gasteiger partial charge in [0.2, 0.25) is 0 Å². The molecule has 1 heteroatoms. The van der Waals surface area contributed by atoms with E-state index in [1.165, 1.54) is 33.4 Å². The Balaban J connectivity index is 0.000000339. The summed E-state index contributed by atoms with van der Waals surface area (Å²) in [4.78, 5) is 0. The van der Waals surface area contributed by atoms with Crippen molar-refractivity contribution >= 4 is 0 Å². The smallest absolute Gasteiger partial charge is 0 e. The van der Waals surface area contributed by atoms with E-state index in [2.05, 4.69) is 114 Å². The Labute approximate surface area is 169 Å². The van der Waals surface area contributed by atoms with E-state index in [1.54, 1.807) is 0 Å². The predicted octanol–water partition coefficient (Wildman–Crippen LogP) is 6.91. The molecule has 0 amide bonds. The number of hydrogen-bond acceptors (Lipinski definition) is 0. The molecule has 0 heterocycles. The van der Waals surface area contributed by atoms with Crippen molar-refractivity contribution in [3.8, 4) is 0 Å². The molecule has 0 atom stereocenters. The summed E-state index contributed by atoms with van der Waals surface area (Å²) in [6.07, 6.45) is 0. The molecule has 0 aliphatic carbocycles. The predicted molar refractivity (Wildman–Crippen MR) is 108 cm³/mol. The maximum Gasteiger partial charge on any atom is 0 e. The number of aryl methyl sites for hydroxylation is 6. The van der Waals surface area contributed by atoms with Gasteiger partial charge in [0.25, 0.3) is 0 Å². The Hall–Kier alpha value is -1.60. The zero-order valence-electron chi connectivity index (χ0n) is 16.2. The maximum atomic E-state index is 2.12. The van der Waals surface area contributed by atoms with Crippen LogP contribution in [-0.4, -0.2) is 0 Å². The van der Waals surface area contributed by atoms with Crippen LogP contribution in [0.1, 0.15) is 33.4 Å². The molecule has 137 valence electrons. The van der Waals surface area contributed by atoms with E-state index in [0.29, 0.717) is 0 Å². The van der Waals surface area contributed by atoms with Crippen molar-refractivity contribution in [1.29, 1.82) is 0 Å². The fourth-order valence-electron chi connectivity index (χ4n) is 1.99. The van der Waals surface area contributed by atoms with Gasteiger partial charge in [-0.25, -0.2) is 0 Å². The summed E-state index contributed by atoms with van der Waals surface area (Å²) in [6, 6.07) is 25.1. The first-order valence-corrected chi connectivity index (χ1v) is 8.48. The third-order valence-corrected chi connectivity index (χ3v) is 4.28. The van der Waals surface area contributed by atoms with Gasteiger partial charge in [0.15, 0.2) is 0 Å². The second-order valence-corrected chi connectivity index (χ2v) is 6.25. The Morgan fingerprint density at radius 2 is 0.440 bits per heavy atom. The third kappa shape index (κ3) is 9.45. The summed E-state index contributed by atoms with van der Waals surface area (Å²) in [7, 11) is 0. The van der Waals surface area contributed by atoms with Gasteiger partial charge in [0, 0.05) is 22.4 Å². The van der Waals surface area contributed by atoms with Crippen LogP contribution in [0, 0.1) is 41.5 Å². The first-order chi connectivity index (χ1) is 11.4. The van der Waals surface area contributed by atoms with Crippen molar-refractivity contribution in [2.45, 2.75) is 41.5 Å². The van der Waals surface area contributed by atoms with Gasteiger partial charge in [-0.1, -0.05) is 72.8 Å². The largest absolute Gasteiger partial charge is 0.0620 e. The summed E-state index contributed by atoms with van der Waals surface area (Å²) >= 11 is 0. The van der Waals surface area contributed by atoms with Crippen molar-refractivity contribution in [1.82, 2.24) is 0 Å². The Bertz CT molecular complexity index is 578. The molecule has 0 aromatic heterocycles. The average Bonchev–Trinajstić information content (AvgIpc) is 2.57. The molecule has 1 radical (unpaired) electrons. The minimum absolute atomic E-state index is 0. The molecule has 0 aliphatic heterocycles. The maximum absolute atomic E-state index is 2.12. The normalized spacial score (nSPS) is 8.88. The quantitative estimate of drug-likeness (QED) is 0.343. The fraction of sp³-hybridized carbons (Fsp3) is 0.250. The first-order valence-electron chi connectivity index (χ1n) is 8.48. The molecular weight excluding hydrogens is 396 g/mol. The topological polar surface area (TPSA) is 0 Å². The average molecular weight is 426 g/mol. The Morgan fingerprint density at radius 1 is 0.320 bits per heavy atom. The zero-order valence-corrected chi connectivity index (χ0v) is 17.7. The standard InChI is InChI=1S/3C8H10.Ag/c3*1-7-5-3-4-6-8(7)2;/h3*3-6H,1-2H3;. The van der Waals surface area contributed by atoms with Crippen LogP contribution in [0.2, 0.25) is 0 Å². The molecule has 0 saturated carbocycles. The van der Waals surface area contributed by atoms with Crippen LogP contribution in [0.15, 0.2) is 72.8 Å². The number of rotatable bonds is 0. The van der Waals surface area contributed by atoms with E-state index >= 15 is 0 Å². The molecule has 0 aliphatic rings. The molecule has 0 fully saturated rings. The molecule has 0 saturated heterocycles. The van der Waals surface area contributed by atoms with E-state index in [9.17, 15) is 0 Å². The van der Waals surface area contributed by atoms with Crippen LogP contribution in [0.4, 0.5) is 0 Å². The summed E-state index contributed by atoms with van der Waals surface area (Å²) in [5, 5.41) is 0. The molecular formula is C24H30Ag. The number of benzene rings is 3. The third-order valence-electron chi connectivity index (χ3n) is 4.28. The Kier molecular flexibility index (Phi) is 11.9. The molecule has 25 heavy (non-hydrogen) atoms. The van der Waals surface area contributed by atoms with Crippen molar-refractivity contribution in [2.75, 3.05) is 0 Å². The summed E-state index contributed by atoms with van der Waals surface area (Å²) in [5.74, 6) is 0. The van der Waals surface area contributed by atoms with Crippen LogP contribution in [0.3, 0.4) is 0 Å². The second-order valence-electron chi connectivity index (χ2n) is 6.25. The molecule has 3 rings (SSSR count). The summed E-state index contributed by atoms with van der Waals surface area (Å²) in [5.41, 5.74) is 8.21. The minimum Gasteiger partial charge on any atom is -0.0620 e. The van der Waals surface area contributed by atoms with Crippen LogP contribution < -0.4 is 0 Å². The first kappa shape index (κ1) is 23.4. The van der Waals surface area contributed by atoms with Gasteiger partial charge in [-0.2, -0.15) is 0 Å². The van der Waals surface area contributed by atoms with E-state index in [4.69, 9.17) is 0 Å². The van der Waals surface area contributed by atoms with Gasteiger partial charge in [-0.15, -0.1) is 0 Å². The summed E-state index contributed by atoms with van der Waals surface area (Å²) < 4.78 is 0.